The first-order valence-corrected chi connectivity index (χ1v) is 7.19. The Morgan fingerprint density at radius 3 is 2.84 bits per heavy atom. The largest absolute Gasteiger partial charge is 0.398 e. The number of halogens is 1. The molecule has 98 valence electrons. The molecular formula is C15H15BrN2O. The lowest BCUT2D eigenvalue weighted by molar-refractivity contribution is 0.756. The van der Waals surface area contributed by atoms with Crippen LogP contribution in [0.15, 0.2) is 39.7 Å². The molecule has 0 saturated carbocycles. The van der Waals surface area contributed by atoms with Crippen molar-refractivity contribution < 1.29 is 0 Å². The first-order valence-electron chi connectivity index (χ1n) is 6.39. The maximum atomic E-state index is 12.0. The lowest BCUT2D eigenvalue weighted by Gasteiger charge is -2.09. The second kappa shape index (κ2) is 4.85. The number of hydrogen-bond acceptors (Lipinski definition) is 2. The Bertz CT molecular complexity index is 691. The second-order valence-electron chi connectivity index (χ2n) is 5.01. The molecule has 0 aliphatic heterocycles. The van der Waals surface area contributed by atoms with Crippen LogP contribution in [0.2, 0.25) is 0 Å². The Morgan fingerprint density at radius 2 is 2.00 bits per heavy atom. The number of nitrogens with zero attached hydrogens (tertiary/aromatic N) is 1. The summed E-state index contributed by atoms with van der Waals surface area (Å²) >= 11 is 3.25. The van der Waals surface area contributed by atoms with Crippen molar-refractivity contribution in [1.82, 2.24) is 4.57 Å². The predicted molar refractivity (Wildman–Crippen MR) is 80.4 cm³/mol. The van der Waals surface area contributed by atoms with E-state index in [-0.39, 0.29) is 5.56 Å². The number of hydrogen-bond donors (Lipinski definition) is 1. The monoisotopic (exact) mass is 318 g/mol. The number of pyridine rings is 1. The first kappa shape index (κ1) is 12.5. The summed E-state index contributed by atoms with van der Waals surface area (Å²) < 4.78 is 2.16. The Morgan fingerprint density at radius 1 is 1.21 bits per heavy atom. The molecular weight excluding hydrogens is 304 g/mol. The standard InChI is InChI=1S/C15H15BrN2O/c16-14-7-13(17)9-18(15(14)19)8-10-4-5-11-2-1-3-12(11)6-10/h4-7,9H,1-3,8,17H2. The van der Waals surface area contributed by atoms with E-state index in [4.69, 9.17) is 5.73 Å². The zero-order valence-corrected chi connectivity index (χ0v) is 12.1. The van der Waals surface area contributed by atoms with Gasteiger partial charge in [0.1, 0.15) is 0 Å². The van der Waals surface area contributed by atoms with Crippen LogP contribution in [-0.2, 0) is 19.4 Å². The number of fused-ring (bicyclic) bond motifs is 1. The second-order valence-corrected chi connectivity index (χ2v) is 5.87. The topological polar surface area (TPSA) is 48.0 Å². The van der Waals surface area contributed by atoms with Crippen molar-refractivity contribution in [2.24, 2.45) is 0 Å². The number of aromatic nitrogens is 1. The number of aryl methyl sites for hydroxylation is 2. The van der Waals surface area contributed by atoms with E-state index in [0.717, 1.165) is 12.0 Å². The SMILES string of the molecule is Nc1cc(Br)c(=O)n(Cc2ccc3c(c2)CCC3)c1. The molecule has 0 bridgehead atoms. The number of nitrogens with two attached hydrogens (primary N) is 1. The molecule has 0 saturated heterocycles. The fourth-order valence-corrected chi connectivity index (χ4v) is 3.15. The van der Waals surface area contributed by atoms with E-state index in [1.807, 2.05) is 0 Å². The Labute approximate surface area is 120 Å². The third kappa shape index (κ3) is 2.45. The van der Waals surface area contributed by atoms with Gasteiger partial charge >= 0.3 is 0 Å². The lowest BCUT2D eigenvalue weighted by Crippen LogP contribution is -2.21. The quantitative estimate of drug-likeness (QED) is 0.925. The highest BCUT2D eigenvalue weighted by Gasteiger charge is 2.11. The van der Waals surface area contributed by atoms with Crippen molar-refractivity contribution >= 4 is 21.6 Å². The van der Waals surface area contributed by atoms with Crippen molar-refractivity contribution in [3.05, 3.63) is 62.0 Å². The molecule has 0 unspecified atom stereocenters. The van der Waals surface area contributed by atoms with Crippen LogP contribution in [0.25, 0.3) is 0 Å². The molecule has 2 N–H and O–H groups in total. The minimum absolute atomic E-state index is 0.0466. The van der Waals surface area contributed by atoms with Gasteiger partial charge < -0.3 is 10.3 Å². The number of nitrogen functional groups attached to an aromatic ring is 1. The van der Waals surface area contributed by atoms with Gasteiger partial charge in [-0.2, -0.15) is 0 Å². The molecule has 1 aliphatic carbocycles. The molecule has 4 heteroatoms. The Balaban J connectivity index is 1.96. The molecule has 1 aromatic carbocycles. The molecule has 1 aromatic heterocycles. The lowest BCUT2D eigenvalue weighted by atomic mass is 10.1. The van der Waals surface area contributed by atoms with Crippen LogP contribution in [0, 0.1) is 0 Å². The summed E-state index contributed by atoms with van der Waals surface area (Å²) in [7, 11) is 0. The molecule has 3 rings (SSSR count). The van der Waals surface area contributed by atoms with Crippen LogP contribution in [0.5, 0.6) is 0 Å². The van der Waals surface area contributed by atoms with Gasteiger partial charge in [0.15, 0.2) is 0 Å². The van der Waals surface area contributed by atoms with E-state index in [1.54, 1.807) is 16.8 Å². The normalized spacial score (nSPS) is 13.5. The van der Waals surface area contributed by atoms with Crippen LogP contribution >= 0.6 is 15.9 Å². The molecule has 0 spiro atoms. The molecule has 1 aliphatic rings. The van der Waals surface area contributed by atoms with Crippen LogP contribution < -0.4 is 11.3 Å². The number of benzene rings is 1. The maximum Gasteiger partial charge on any atom is 0.265 e. The summed E-state index contributed by atoms with van der Waals surface area (Å²) in [5.41, 5.74) is 10.4. The maximum absolute atomic E-state index is 12.0. The van der Waals surface area contributed by atoms with E-state index >= 15 is 0 Å². The van der Waals surface area contributed by atoms with E-state index in [2.05, 4.69) is 34.1 Å². The van der Waals surface area contributed by atoms with Crippen molar-refractivity contribution in [1.29, 1.82) is 0 Å². The van der Waals surface area contributed by atoms with Crippen LogP contribution in [0.3, 0.4) is 0 Å². The van der Waals surface area contributed by atoms with Gasteiger partial charge in [0.2, 0.25) is 0 Å². The van der Waals surface area contributed by atoms with E-state index in [9.17, 15) is 4.79 Å². The predicted octanol–water partition coefficient (Wildman–Crippen LogP) is 2.73. The molecule has 19 heavy (non-hydrogen) atoms. The fraction of sp³-hybridized carbons (Fsp3) is 0.267. The molecule has 1 heterocycles. The molecule has 0 radical (unpaired) electrons. The van der Waals surface area contributed by atoms with Gasteiger partial charge in [0, 0.05) is 11.9 Å². The van der Waals surface area contributed by atoms with Crippen LogP contribution in [-0.4, -0.2) is 4.57 Å². The average Bonchev–Trinajstić information content (AvgIpc) is 2.82. The first-order chi connectivity index (χ1) is 9.13. The molecule has 0 amide bonds. The van der Waals surface area contributed by atoms with Crippen molar-refractivity contribution in [2.45, 2.75) is 25.8 Å². The van der Waals surface area contributed by atoms with Crippen LogP contribution in [0.4, 0.5) is 5.69 Å². The highest BCUT2D eigenvalue weighted by Crippen LogP contribution is 2.23. The summed E-state index contributed by atoms with van der Waals surface area (Å²) in [6.45, 7) is 0.565. The van der Waals surface area contributed by atoms with Crippen LogP contribution in [0.1, 0.15) is 23.1 Å². The zero-order chi connectivity index (χ0) is 13.4. The minimum Gasteiger partial charge on any atom is -0.398 e. The molecule has 3 nitrogen and oxygen atoms in total. The van der Waals surface area contributed by atoms with Crippen molar-refractivity contribution in [3.63, 3.8) is 0 Å². The smallest absolute Gasteiger partial charge is 0.265 e. The van der Waals surface area contributed by atoms with Crippen molar-refractivity contribution in [2.75, 3.05) is 5.73 Å². The molecule has 0 atom stereocenters. The van der Waals surface area contributed by atoms with E-state index in [0.29, 0.717) is 16.7 Å². The third-order valence-electron chi connectivity index (χ3n) is 3.58. The van der Waals surface area contributed by atoms with Crippen molar-refractivity contribution in [3.8, 4) is 0 Å². The average molecular weight is 319 g/mol. The summed E-state index contributed by atoms with van der Waals surface area (Å²) in [5.74, 6) is 0. The third-order valence-corrected chi connectivity index (χ3v) is 4.15. The zero-order valence-electron chi connectivity index (χ0n) is 10.5. The Kier molecular flexibility index (Phi) is 3.19. The minimum atomic E-state index is -0.0466. The van der Waals surface area contributed by atoms with Gasteiger partial charge in [-0.1, -0.05) is 18.2 Å². The highest BCUT2D eigenvalue weighted by molar-refractivity contribution is 9.10. The van der Waals surface area contributed by atoms with E-state index in [1.165, 1.54) is 24.0 Å². The summed E-state index contributed by atoms with van der Waals surface area (Å²) in [6.07, 6.45) is 5.26. The van der Waals surface area contributed by atoms with Gasteiger partial charge in [-0.05, 0) is 57.9 Å². The van der Waals surface area contributed by atoms with Gasteiger partial charge in [0.25, 0.3) is 5.56 Å². The van der Waals surface area contributed by atoms with E-state index < -0.39 is 0 Å². The highest BCUT2D eigenvalue weighted by atomic mass is 79.9. The fourth-order valence-electron chi connectivity index (χ4n) is 2.66. The van der Waals surface area contributed by atoms with Gasteiger partial charge in [0.05, 0.1) is 11.0 Å². The number of anilines is 1. The van der Waals surface area contributed by atoms with Gasteiger partial charge in [-0.15, -0.1) is 0 Å². The summed E-state index contributed by atoms with van der Waals surface area (Å²) in [4.78, 5) is 12.0. The van der Waals surface area contributed by atoms with Gasteiger partial charge in [-0.25, -0.2) is 0 Å². The molecule has 0 fully saturated rings. The summed E-state index contributed by atoms with van der Waals surface area (Å²) in [6, 6.07) is 8.14. The molecule has 2 aromatic rings. The van der Waals surface area contributed by atoms with Gasteiger partial charge in [-0.3, -0.25) is 4.79 Å². The Hall–Kier alpha value is -1.55. The summed E-state index contributed by atoms with van der Waals surface area (Å²) in [5, 5.41) is 0. The number of rotatable bonds is 2.